The molecule has 4 nitrogen and oxygen atoms in total. The van der Waals surface area contributed by atoms with Crippen LogP contribution in [0.2, 0.25) is 0 Å². The summed E-state index contributed by atoms with van der Waals surface area (Å²) in [6, 6.07) is 12.9. The van der Waals surface area contributed by atoms with Gasteiger partial charge in [0.05, 0.1) is 5.56 Å². The minimum Gasteiger partial charge on any atom is -0.452 e. The van der Waals surface area contributed by atoms with Crippen molar-refractivity contribution in [3.8, 4) is 0 Å². The number of nitrogens with zero attached hydrogens (tertiary/aromatic N) is 1. The maximum absolute atomic E-state index is 13.1. The van der Waals surface area contributed by atoms with Crippen LogP contribution in [-0.4, -0.2) is 24.5 Å². The number of ether oxygens (including phenoxy) is 1. The maximum atomic E-state index is 13.1. The van der Waals surface area contributed by atoms with E-state index >= 15 is 0 Å². The van der Waals surface area contributed by atoms with Gasteiger partial charge < -0.3 is 9.64 Å². The van der Waals surface area contributed by atoms with Gasteiger partial charge in [0.15, 0.2) is 6.61 Å². The van der Waals surface area contributed by atoms with Crippen LogP contribution in [0.4, 0.5) is 10.1 Å². The molecule has 0 aromatic heterocycles. The van der Waals surface area contributed by atoms with Crippen molar-refractivity contribution in [1.29, 1.82) is 0 Å². The van der Waals surface area contributed by atoms with Gasteiger partial charge in [0, 0.05) is 11.7 Å². The number of carbonyl (C=O) groups excluding carboxylic acids is 2. The third-order valence-corrected chi connectivity index (χ3v) is 3.86. The van der Waals surface area contributed by atoms with Crippen molar-refractivity contribution in [2.24, 2.45) is 0 Å². The first kappa shape index (κ1) is 15.2. The quantitative estimate of drug-likeness (QED) is 0.819. The van der Waals surface area contributed by atoms with Gasteiger partial charge in [-0.25, -0.2) is 9.18 Å². The first-order valence-electron chi connectivity index (χ1n) is 7.39. The van der Waals surface area contributed by atoms with Crippen molar-refractivity contribution in [3.63, 3.8) is 0 Å². The zero-order valence-corrected chi connectivity index (χ0v) is 12.7. The van der Waals surface area contributed by atoms with Crippen LogP contribution in [0.3, 0.4) is 0 Å². The number of hydrogen-bond donors (Lipinski definition) is 0. The number of carbonyl (C=O) groups is 2. The lowest BCUT2D eigenvalue weighted by atomic mass is 10.1. The summed E-state index contributed by atoms with van der Waals surface area (Å²) in [5.74, 6) is -1.52. The Morgan fingerprint density at radius 1 is 1.22 bits per heavy atom. The van der Waals surface area contributed by atoms with Crippen LogP contribution >= 0.6 is 0 Å². The Balaban J connectivity index is 1.67. The van der Waals surface area contributed by atoms with Gasteiger partial charge >= 0.3 is 5.97 Å². The van der Waals surface area contributed by atoms with Crippen molar-refractivity contribution in [3.05, 3.63) is 65.5 Å². The van der Waals surface area contributed by atoms with E-state index in [1.807, 2.05) is 31.2 Å². The molecule has 0 radical (unpaired) electrons. The lowest BCUT2D eigenvalue weighted by molar-refractivity contribution is -0.122. The van der Waals surface area contributed by atoms with Gasteiger partial charge in [0.1, 0.15) is 5.82 Å². The number of rotatable bonds is 3. The van der Waals surface area contributed by atoms with Gasteiger partial charge in [0.25, 0.3) is 5.91 Å². The van der Waals surface area contributed by atoms with Crippen LogP contribution in [0.15, 0.2) is 48.5 Å². The smallest absolute Gasteiger partial charge is 0.338 e. The molecule has 118 valence electrons. The average Bonchev–Trinajstić information content (AvgIpc) is 2.88. The van der Waals surface area contributed by atoms with Crippen molar-refractivity contribution in [1.82, 2.24) is 0 Å². The number of fused-ring (bicyclic) bond motifs is 1. The Morgan fingerprint density at radius 2 is 2.00 bits per heavy atom. The van der Waals surface area contributed by atoms with E-state index in [-0.39, 0.29) is 24.1 Å². The monoisotopic (exact) mass is 313 g/mol. The average molecular weight is 313 g/mol. The van der Waals surface area contributed by atoms with Crippen molar-refractivity contribution in [2.75, 3.05) is 11.5 Å². The molecule has 0 aliphatic carbocycles. The molecule has 5 heteroatoms. The summed E-state index contributed by atoms with van der Waals surface area (Å²) in [5, 5.41) is 0. The second-order valence-corrected chi connectivity index (χ2v) is 5.53. The molecule has 2 aromatic carbocycles. The summed E-state index contributed by atoms with van der Waals surface area (Å²) >= 11 is 0. The van der Waals surface area contributed by atoms with E-state index in [1.54, 1.807) is 4.90 Å². The predicted molar refractivity (Wildman–Crippen MR) is 83.8 cm³/mol. The summed E-state index contributed by atoms with van der Waals surface area (Å²) in [7, 11) is 0. The second kappa shape index (κ2) is 6.20. The summed E-state index contributed by atoms with van der Waals surface area (Å²) in [4.78, 5) is 25.9. The van der Waals surface area contributed by atoms with E-state index in [0.29, 0.717) is 0 Å². The number of esters is 1. The highest BCUT2D eigenvalue weighted by molar-refractivity contribution is 5.99. The van der Waals surface area contributed by atoms with E-state index in [2.05, 4.69) is 0 Å². The molecule has 1 atom stereocenters. The summed E-state index contributed by atoms with van der Waals surface area (Å²) < 4.78 is 18.1. The van der Waals surface area contributed by atoms with Crippen molar-refractivity contribution < 1.29 is 18.7 Å². The fraction of sp³-hybridized carbons (Fsp3) is 0.222. The van der Waals surface area contributed by atoms with Crippen LogP contribution in [0.1, 0.15) is 22.8 Å². The van der Waals surface area contributed by atoms with Crippen LogP contribution < -0.4 is 4.90 Å². The molecule has 0 spiro atoms. The molecule has 2 aromatic rings. The van der Waals surface area contributed by atoms with Gasteiger partial charge in [-0.1, -0.05) is 24.3 Å². The number of benzene rings is 2. The van der Waals surface area contributed by atoms with E-state index in [0.717, 1.165) is 23.7 Å². The molecule has 1 heterocycles. The second-order valence-electron chi connectivity index (χ2n) is 5.53. The third kappa shape index (κ3) is 3.08. The van der Waals surface area contributed by atoms with E-state index < -0.39 is 11.8 Å². The summed E-state index contributed by atoms with van der Waals surface area (Å²) in [5.41, 5.74) is 2.05. The van der Waals surface area contributed by atoms with E-state index in [4.69, 9.17) is 4.74 Å². The molecule has 0 saturated heterocycles. The number of amides is 1. The van der Waals surface area contributed by atoms with Crippen molar-refractivity contribution >= 4 is 17.6 Å². The van der Waals surface area contributed by atoms with Gasteiger partial charge in [-0.05, 0) is 43.2 Å². The Bertz CT molecular complexity index is 759. The van der Waals surface area contributed by atoms with Gasteiger partial charge in [0.2, 0.25) is 0 Å². The highest BCUT2D eigenvalue weighted by Gasteiger charge is 2.30. The Kier molecular flexibility index (Phi) is 4.10. The number of anilines is 1. The SMILES string of the molecule is C[C@H]1Cc2ccccc2N1C(=O)COC(=O)c1cccc(F)c1. The zero-order valence-electron chi connectivity index (χ0n) is 12.7. The molecule has 3 rings (SSSR count). The molecule has 1 amide bonds. The first-order valence-corrected chi connectivity index (χ1v) is 7.39. The third-order valence-electron chi connectivity index (χ3n) is 3.86. The lowest BCUT2D eigenvalue weighted by Crippen LogP contribution is -2.38. The van der Waals surface area contributed by atoms with Gasteiger partial charge in [-0.3, -0.25) is 4.79 Å². The molecule has 1 aliphatic heterocycles. The maximum Gasteiger partial charge on any atom is 0.338 e. The van der Waals surface area contributed by atoms with Gasteiger partial charge in [-0.2, -0.15) is 0 Å². The minimum atomic E-state index is -0.710. The molecular weight excluding hydrogens is 297 g/mol. The molecular formula is C18H16FNO3. The first-order chi connectivity index (χ1) is 11.1. The Hall–Kier alpha value is -2.69. The minimum absolute atomic E-state index is 0.0211. The fourth-order valence-electron chi connectivity index (χ4n) is 2.84. The highest BCUT2D eigenvalue weighted by Crippen LogP contribution is 2.31. The fourth-order valence-corrected chi connectivity index (χ4v) is 2.84. The standard InChI is InChI=1S/C18H16FNO3/c1-12-9-13-5-2-3-8-16(13)20(12)17(21)11-23-18(22)14-6-4-7-15(19)10-14/h2-8,10,12H,9,11H2,1H3/t12-/m0/s1. The van der Waals surface area contributed by atoms with Gasteiger partial charge in [-0.15, -0.1) is 0 Å². The molecule has 1 aliphatic rings. The van der Waals surface area contributed by atoms with Crippen LogP contribution in [0, 0.1) is 5.82 Å². The zero-order chi connectivity index (χ0) is 16.4. The molecule has 23 heavy (non-hydrogen) atoms. The molecule has 0 unspecified atom stereocenters. The summed E-state index contributed by atoms with van der Waals surface area (Å²) in [6.45, 7) is 1.58. The van der Waals surface area contributed by atoms with E-state index in [9.17, 15) is 14.0 Å². The molecule has 0 N–H and O–H groups in total. The van der Waals surface area contributed by atoms with Crippen LogP contribution in [0.5, 0.6) is 0 Å². The number of halogens is 1. The number of para-hydroxylation sites is 1. The predicted octanol–water partition coefficient (Wildman–Crippen LogP) is 2.96. The van der Waals surface area contributed by atoms with Crippen molar-refractivity contribution in [2.45, 2.75) is 19.4 Å². The lowest BCUT2D eigenvalue weighted by Gasteiger charge is -2.22. The van der Waals surface area contributed by atoms with Crippen LogP contribution in [0.25, 0.3) is 0 Å². The molecule has 0 bridgehead atoms. The summed E-state index contributed by atoms with van der Waals surface area (Å²) in [6.07, 6.45) is 0.778. The molecule has 0 fully saturated rings. The highest BCUT2D eigenvalue weighted by atomic mass is 19.1. The largest absolute Gasteiger partial charge is 0.452 e. The molecule has 0 saturated carbocycles. The number of hydrogen-bond acceptors (Lipinski definition) is 3. The topological polar surface area (TPSA) is 46.6 Å². The Morgan fingerprint density at radius 3 is 2.78 bits per heavy atom. The van der Waals surface area contributed by atoms with Crippen LogP contribution in [-0.2, 0) is 16.0 Å². The van der Waals surface area contributed by atoms with E-state index in [1.165, 1.54) is 18.2 Å². The normalized spacial score (nSPS) is 16.1. The Labute approximate surface area is 133 Å².